The van der Waals surface area contributed by atoms with Crippen LogP contribution in [0.2, 0.25) is 0 Å². The van der Waals surface area contributed by atoms with Crippen LogP contribution in [0.5, 0.6) is 0 Å². The number of rotatable bonds is 2. The van der Waals surface area contributed by atoms with Gasteiger partial charge in [-0.05, 0) is 37.8 Å². The minimum absolute atomic E-state index is 0.00476. The predicted octanol–water partition coefficient (Wildman–Crippen LogP) is 1.86. The quantitative estimate of drug-likeness (QED) is 0.914. The average molecular weight is 285 g/mol. The van der Waals surface area contributed by atoms with Gasteiger partial charge in [0.1, 0.15) is 5.52 Å². The largest absolute Gasteiger partial charge is 0.393 e. The van der Waals surface area contributed by atoms with Crippen LogP contribution < -0.4 is 0 Å². The fourth-order valence-corrected chi connectivity index (χ4v) is 2.92. The predicted molar refractivity (Wildman–Crippen MR) is 79.8 cm³/mol. The number of likely N-dealkylation sites (tertiary alicyclic amines) is 1. The number of carbonyl (C=O) groups excluding carboxylic acids is 1. The lowest BCUT2D eigenvalue weighted by atomic mass is 9.92. The van der Waals surface area contributed by atoms with Gasteiger partial charge < -0.3 is 10.0 Å². The molecule has 0 aliphatic carbocycles. The summed E-state index contributed by atoms with van der Waals surface area (Å²) in [5.74, 6) is 0.298. The van der Waals surface area contributed by atoms with Crippen LogP contribution in [-0.4, -0.2) is 45.1 Å². The molecule has 1 fully saturated rings. The van der Waals surface area contributed by atoms with Gasteiger partial charge >= 0.3 is 0 Å². The summed E-state index contributed by atoms with van der Waals surface area (Å²) >= 11 is 0. The Balaban J connectivity index is 1.82. The molecule has 1 aliphatic rings. The van der Waals surface area contributed by atoms with Crippen molar-refractivity contribution in [3.05, 3.63) is 36.2 Å². The molecule has 2 heterocycles. The molecule has 0 radical (unpaired) electrons. The lowest BCUT2D eigenvalue weighted by Gasteiger charge is -2.33. The number of aliphatic hydroxyl groups is 1. The maximum Gasteiger partial charge on any atom is 0.256 e. The molecule has 0 bridgehead atoms. The summed E-state index contributed by atoms with van der Waals surface area (Å²) in [4.78, 5) is 23.1. The van der Waals surface area contributed by atoms with E-state index < -0.39 is 0 Å². The van der Waals surface area contributed by atoms with Crippen molar-refractivity contribution in [3.63, 3.8) is 0 Å². The second kappa shape index (κ2) is 5.77. The minimum atomic E-state index is -0.300. The molecule has 1 N–H and O–H groups in total. The highest BCUT2D eigenvalue weighted by Gasteiger charge is 2.26. The fraction of sp³-hybridized carbons (Fsp3) is 0.438. The number of benzene rings is 1. The van der Waals surface area contributed by atoms with Crippen molar-refractivity contribution in [2.45, 2.75) is 25.9 Å². The molecule has 1 unspecified atom stereocenters. The second-order valence-corrected chi connectivity index (χ2v) is 5.60. The zero-order valence-electron chi connectivity index (χ0n) is 12.1. The van der Waals surface area contributed by atoms with Crippen molar-refractivity contribution < 1.29 is 9.90 Å². The molecule has 2 aromatic rings. The third-order valence-corrected chi connectivity index (χ3v) is 4.24. The van der Waals surface area contributed by atoms with Gasteiger partial charge in [-0.3, -0.25) is 14.8 Å². The summed E-state index contributed by atoms with van der Waals surface area (Å²) in [6.45, 7) is 3.19. The summed E-state index contributed by atoms with van der Waals surface area (Å²) in [5, 5.41) is 9.64. The Morgan fingerprint density at radius 1 is 1.29 bits per heavy atom. The molecule has 5 nitrogen and oxygen atoms in total. The average Bonchev–Trinajstić information content (AvgIpc) is 2.53. The molecular weight excluding hydrogens is 266 g/mol. The first-order chi connectivity index (χ1) is 10.2. The van der Waals surface area contributed by atoms with Crippen LogP contribution in [0.15, 0.2) is 30.6 Å². The summed E-state index contributed by atoms with van der Waals surface area (Å²) in [5.41, 5.74) is 2.00. The van der Waals surface area contributed by atoms with E-state index in [1.807, 2.05) is 24.0 Å². The van der Waals surface area contributed by atoms with Crippen LogP contribution >= 0.6 is 0 Å². The Bertz CT molecular complexity index is 644. The molecule has 5 heteroatoms. The monoisotopic (exact) mass is 285 g/mol. The first-order valence-corrected chi connectivity index (χ1v) is 7.34. The maximum atomic E-state index is 12.7. The highest BCUT2D eigenvalue weighted by molar-refractivity contribution is 6.04. The van der Waals surface area contributed by atoms with Crippen molar-refractivity contribution in [1.29, 1.82) is 0 Å². The Morgan fingerprint density at radius 3 is 2.71 bits per heavy atom. The first-order valence-electron chi connectivity index (χ1n) is 7.34. The van der Waals surface area contributed by atoms with Gasteiger partial charge in [0.15, 0.2) is 0 Å². The number of piperidine rings is 1. The molecule has 21 heavy (non-hydrogen) atoms. The zero-order valence-corrected chi connectivity index (χ0v) is 12.1. The molecule has 1 amide bonds. The van der Waals surface area contributed by atoms with Gasteiger partial charge in [-0.2, -0.15) is 0 Å². The van der Waals surface area contributed by atoms with Crippen molar-refractivity contribution in [2.24, 2.45) is 5.92 Å². The number of hydrogen-bond donors (Lipinski definition) is 1. The highest BCUT2D eigenvalue weighted by Crippen LogP contribution is 2.23. The number of hydrogen-bond acceptors (Lipinski definition) is 4. The van der Waals surface area contributed by atoms with Crippen LogP contribution in [0, 0.1) is 5.92 Å². The van der Waals surface area contributed by atoms with E-state index in [1.54, 1.807) is 18.5 Å². The summed E-state index contributed by atoms with van der Waals surface area (Å²) in [6, 6.07) is 5.51. The highest BCUT2D eigenvalue weighted by atomic mass is 16.3. The van der Waals surface area contributed by atoms with Crippen LogP contribution in [0.1, 0.15) is 30.1 Å². The number of nitrogens with zero attached hydrogens (tertiary/aromatic N) is 3. The molecule has 0 spiro atoms. The Morgan fingerprint density at radius 2 is 2.00 bits per heavy atom. The Hall–Kier alpha value is -2.01. The van der Waals surface area contributed by atoms with E-state index in [1.165, 1.54) is 0 Å². The molecule has 3 rings (SSSR count). The minimum Gasteiger partial charge on any atom is -0.393 e. The van der Waals surface area contributed by atoms with E-state index >= 15 is 0 Å². The van der Waals surface area contributed by atoms with E-state index in [4.69, 9.17) is 0 Å². The van der Waals surface area contributed by atoms with E-state index in [0.717, 1.165) is 18.4 Å². The number of amides is 1. The van der Waals surface area contributed by atoms with E-state index in [9.17, 15) is 9.90 Å². The lowest BCUT2D eigenvalue weighted by Crippen LogP contribution is -2.40. The van der Waals surface area contributed by atoms with Crippen molar-refractivity contribution in [3.8, 4) is 0 Å². The Labute approximate surface area is 123 Å². The van der Waals surface area contributed by atoms with Crippen LogP contribution in [0.3, 0.4) is 0 Å². The molecule has 0 saturated carbocycles. The van der Waals surface area contributed by atoms with Gasteiger partial charge in [-0.15, -0.1) is 0 Å². The standard InChI is InChI=1S/C16H19N3O2/c1-11(20)12-5-9-19(10-6-12)16(21)13-3-2-4-14-15(13)18-8-7-17-14/h2-4,7-8,11-12,20H,5-6,9-10H2,1H3. The van der Waals surface area contributed by atoms with Gasteiger partial charge in [0.25, 0.3) is 5.91 Å². The number of para-hydroxylation sites is 1. The van der Waals surface area contributed by atoms with Crippen LogP contribution in [0.4, 0.5) is 0 Å². The molecule has 1 aromatic heterocycles. The summed E-state index contributed by atoms with van der Waals surface area (Å²) < 4.78 is 0. The first kappa shape index (κ1) is 13.9. The maximum absolute atomic E-state index is 12.7. The van der Waals surface area contributed by atoms with Gasteiger partial charge in [-0.1, -0.05) is 6.07 Å². The van der Waals surface area contributed by atoms with Gasteiger partial charge in [0, 0.05) is 25.5 Å². The smallest absolute Gasteiger partial charge is 0.256 e. The second-order valence-electron chi connectivity index (χ2n) is 5.60. The molecule has 1 aromatic carbocycles. The van der Waals surface area contributed by atoms with Crippen LogP contribution in [0.25, 0.3) is 11.0 Å². The third kappa shape index (κ3) is 2.74. The van der Waals surface area contributed by atoms with E-state index in [2.05, 4.69) is 9.97 Å². The third-order valence-electron chi connectivity index (χ3n) is 4.24. The van der Waals surface area contributed by atoms with Crippen molar-refractivity contribution >= 4 is 16.9 Å². The van der Waals surface area contributed by atoms with E-state index in [-0.39, 0.29) is 12.0 Å². The topological polar surface area (TPSA) is 66.3 Å². The van der Waals surface area contributed by atoms with Gasteiger partial charge in [0.2, 0.25) is 0 Å². The zero-order chi connectivity index (χ0) is 14.8. The number of fused-ring (bicyclic) bond motifs is 1. The number of aliphatic hydroxyl groups excluding tert-OH is 1. The number of aromatic nitrogens is 2. The lowest BCUT2D eigenvalue weighted by molar-refractivity contribution is 0.0522. The molecular formula is C16H19N3O2. The molecule has 1 atom stereocenters. The summed E-state index contributed by atoms with van der Waals surface area (Å²) in [7, 11) is 0. The SMILES string of the molecule is CC(O)C1CCN(C(=O)c2cccc3nccnc23)CC1. The fourth-order valence-electron chi connectivity index (χ4n) is 2.92. The number of carbonyl (C=O) groups is 1. The molecule has 1 aliphatic heterocycles. The molecule has 1 saturated heterocycles. The normalized spacial score (nSPS) is 17.9. The Kier molecular flexibility index (Phi) is 3.84. The summed E-state index contributed by atoms with van der Waals surface area (Å²) in [6.07, 6.45) is 4.63. The van der Waals surface area contributed by atoms with E-state index in [0.29, 0.717) is 30.1 Å². The molecule has 110 valence electrons. The van der Waals surface area contributed by atoms with Gasteiger partial charge in [0.05, 0.1) is 17.2 Å². The van der Waals surface area contributed by atoms with Crippen molar-refractivity contribution in [2.75, 3.05) is 13.1 Å². The van der Waals surface area contributed by atoms with Gasteiger partial charge in [-0.25, -0.2) is 0 Å². The van der Waals surface area contributed by atoms with Crippen molar-refractivity contribution in [1.82, 2.24) is 14.9 Å². The van der Waals surface area contributed by atoms with Crippen LogP contribution in [-0.2, 0) is 0 Å².